The molecule has 0 aromatic rings. The molecule has 0 spiro atoms. The van der Waals surface area contributed by atoms with E-state index in [0.29, 0.717) is 12.2 Å². The summed E-state index contributed by atoms with van der Waals surface area (Å²) in [6.07, 6.45) is 15.9. The maximum atomic E-state index is 11.9. The van der Waals surface area contributed by atoms with Gasteiger partial charge in [-0.15, -0.1) is 0 Å². The van der Waals surface area contributed by atoms with Crippen LogP contribution in [0.25, 0.3) is 0 Å². The van der Waals surface area contributed by atoms with Gasteiger partial charge < -0.3 is 5.11 Å². The number of aliphatic carboxylic acids is 1. The molecule has 0 amide bonds. The number of ketones is 1. The Morgan fingerprint density at radius 1 is 0.826 bits per heavy atom. The lowest BCUT2D eigenvalue weighted by atomic mass is 9.86. The van der Waals surface area contributed by atoms with Crippen molar-refractivity contribution in [2.45, 2.75) is 103 Å². The number of hydrogen-bond donors (Lipinski definition) is 1. The van der Waals surface area contributed by atoms with Gasteiger partial charge in [0.25, 0.3) is 0 Å². The topological polar surface area (TPSA) is 54.4 Å². The first kappa shape index (κ1) is 20.2. The summed E-state index contributed by atoms with van der Waals surface area (Å²) in [7, 11) is 0. The molecule has 1 aliphatic rings. The van der Waals surface area contributed by atoms with E-state index in [1.54, 1.807) is 0 Å². The average molecular weight is 325 g/mol. The van der Waals surface area contributed by atoms with Crippen LogP contribution in [0.4, 0.5) is 0 Å². The third-order valence-electron chi connectivity index (χ3n) is 5.39. The largest absolute Gasteiger partial charge is 0.481 e. The van der Waals surface area contributed by atoms with Gasteiger partial charge in [-0.25, -0.2) is 0 Å². The van der Waals surface area contributed by atoms with Crippen LogP contribution < -0.4 is 0 Å². The zero-order valence-electron chi connectivity index (χ0n) is 15.0. The van der Waals surface area contributed by atoms with E-state index in [2.05, 4.69) is 6.92 Å². The average Bonchev–Trinajstić information content (AvgIpc) is 2.96. The van der Waals surface area contributed by atoms with Crippen LogP contribution in [0.3, 0.4) is 0 Å². The van der Waals surface area contributed by atoms with E-state index >= 15 is 0 Å². The highest BCUT2D eigenvalue weighted by atomic mass is 16.4. The molecule has 0 bridgehead atoms. The molecule has 1 N–H and O–H groups in total. The van der Waals surface area contributed by atoms with Crippen molar-refractivity contribution in [3.8, 4) is 0 Å². The summed E-state index contributed by atoms with van der Waals surface area (Å²) in [5.41, 5.74) is 0. The number of hydrogen-bond acceptors (Lipinski definition) is 2. The Labute approximate surface area is 142 Å². The molecular weight excluding hydrogens is 288 g/mol. The Bertz CT molecular complexity index is 338. The van der Waals surface area contributed by atoms with E-state index in [0.717, 1.165) is 56.8 Å². The minimum atomic E-state index is -0.676. The van der Waals surface area contributed by atoms with E-state index < -0.39 is 5.97 Å². The Kier molecular flexibility index (Phi) is 11.0. The molecule has 3 heteroatoms. The fourth-order valence-electron chi connectivity index (χ4n) is 3.95. The lowest BCUT2D eigenvalue weighted by Crippen LogP contribution is -2.10. The quantitative estimate of drug-likeness (QED) is 0.413. The monoisotopic (exact) mass is 324 g/mol. The maximum Gasteiger partial charge on any atom is 0.303 e. The van der Waals surface area contributed by atoms with Gasteiger partial charge in [0, 0.05) is 19.3 Å². The second-order valence-corrected chi connectivity index (χ2v) is 7.33. The second-order valence-electron chi connectivity index (χ2n) is 7.33. The molecule has 1 rings (SSSR count). The Hall–Kier alpha value is -0.860. The van der Waals surface area contributed by atoms with Crippen molar-refractivity contribution in [3.05, 3.63) is 0 Å². The maximum absolute atomic E-state index is 11.9. The van der Waals surface area contributed by atoms with E-state index in [1.807, 2.05) is 0 Å². The molecule has 3 nitrogen and oxygen atoms in total. The molecule has 134 valence electrons. The summed E-state index contributed by atoms with van der Waals surface area (Å²) in [6.45, 7) is 2.18. The third-order valence-corrected chi connectivity index (χ3v) is 5.39. The summed E-state index contributed by atoms with van der Waals surface area (Å²) in [6, 6.07) is 0. The molecule has 0 saturated heterocycles. The van der Waals surface area contributed by atoms with E-state index in [-0.39, 0.29) is 0 Å². The van der Waals surface area contributed by atoms with Gasteiger partial charge in [0.05, 0.1) is 0 Å². The van der Waals surface area contributed by atoms with Crippen molar-refractivity contribution < 1.29 is 14.7 Å². The molecule has 0 unspecified atom stereocenters. The molecule has 23 heavy (non-hydrogen) atoms. The molecule has 1 fully saturated rings. The summed E-state index contributed by atoms with van der Waals surface area (Å²) < 4.78 is 0. The molecular formula is C20H36O3. The SMILES string of the molecule is CCCCCC(=O)CC[C@H]1CCC[C@@H]1CCCCCCC(=O)O. The minimum absolute atomic E-state index is 0.312. The summed E-state index contributed by atoms with van der Waals surface area (Å²) in [5.74, 6) is 1.38. The van der Waals surface area contributed by atoms with Gasteiger partial charge in [-0.2, -0.15) is 0 Å². The van der Waals surface area contributed by atoms with Gasteiger partial charge >= 0.3 is 5.97 Å². The summed E-state index contributed by atoms with van der Waals surface area (Å²) in [4.78, 5) is 22.4. The number of carboxylic acids is 1. The molecule has 0 heterocycles. The summed E-state index contributed by atoms with van der Waals surface area (Å²) >= 11 is 0. The predicted molar refractivity (Wildman–Crippen MR) is 94.6 cm³/mol. The third kappa shape index (κ3) is 9.78. The van der Waals surface area contributed by atoms with Crippen molar-refractivity contribution in [3.63, 3.8) is 0 Å². The Morgan fingerprint density at radius 2 is 1.48 bits per heavy atom. The van der Waals surface area contributed by atoms with Crippen LogP contribution in [0.2, 0.25) is 0 Å². The second kappa shape index (κ2) is 12.5. The lowest BCUT2D eigenvalue weighted by molar-refractivity contribution is -0.137. The van der Waals surface area contributed by atoms with Crippen molar-refractivity contribution in [2.75, 3.05) is 0 Å². The fourth-order valence-corrected chi connectivity index (χ4v) is 3.95. The van der Waals surface area contributed by atoms with Gasteiger partial charge in [0.2, 0.25) is 0 Å². The van der Waals surface area contributed by atoms with Gasteiger partial charge in [-0.3, -0.25) is 9.59 Å². The molecule has 0 radical (unpaired) electrons. The zero-order chi connectivity index (χ0) is 16.9. The van der Waals surface area contributed by atoms with Crippen molar-refractivity contribution in [2.24, 2.45) is 11.8 Å². The van der Waals surface area contributed by atoms with E-state index in [9.17, 15) is 9.59 Å². The number of carboxylic acid groups (broad SMARTS) is 1. The van der Waals surface area contributed by atoms with Crippen LogP contribution in [0.15, 0.2) is 0 Å². The van der Waals surface area contributed by atoms with Crippen LogP contribution in [0.5, 0.6) is 0 Å². The highest BCUT2D eigenvalue weighted by Crippen LogP contribution is 2.38. The molecule has 0 aromatic carbocycles. The molecule has 0 aromatic heterocycles. The van der Waals surface area contributed by atoms with Crippen molar-refractivity contribution in [1.29, 1.82) is 0 Å². The predicted octanol–water partition coefficient (Wildman–Crippen LogP) is 5.76. The standard InChI is InChI=1S/C20H36O3/c1-2-3-6-13-19(21)16-15-18-12-9-11-17(18)10-7-4-5-8-14-20(22)23/h17-18H,2-16H2,1H3,(H,22,23)/t17-,18+/m0/s1. The van der Waals surface area contributed by atoms with Gasteiger partial charge in [0.1, 0.15) is 5.78 Å². The van der Waals surface area contributed by atoms with E-state index in [1.165, 1.54) is 44.9 Å². The van der Waals surface area contributed by atoms with Crippen LogP contribution in [0, 0.1) is 11.8 Å². The fraction of sp³-hybridized carbons (Fsp3) is 0.900. The molecule has 0 aliphatic heterocycles. The van der Waals surface area contributed by atoms with Crippen LogP contribution >= 0.6 is 0 Å². The summed E-state index contributed by atoms with van der Waals surface area (Å²) in [5, 5.41) is 8.62. The highest BCUT2D eigenvalue weighted by molar-refractivity contribution is 5.78. The van der Waals surface area contributed by atoms with Crippen molar-refractivity contribution in [1.82, 2.24) is 0 Å². The number of rotatable bonds is 14. The van der Waals surface area contributed by atoms with Gasteiger partial charge in [0.15, 0.2) is 0 Å². The van der Waals surface area contributed by atoms with E-state index in [4.69, 9.17) is 5.11 Å². The number of Topliss-reactive ketones (excluding diaryl/α,β-unsaturated/α-hetero) is 1. The minimum Gasteiger partial charge on any atom is -0.481 e. The van der Waals surface area contributed by atoms with Crippen LogP contribution in [0.1, 0.15) is 103 Å². The van der Waals surface area contributed by atoms with Crippen molar-refractivity contribution >= 4 is 11.8 Å². The van der Waals surface area contributed by atoms with Crippen LogP contribution in [-0.2, 0) is 9.59 Å². The van der Waals surface area contributed by atoms with Gasteiger partial charge in [-0.1, -0.05) is 64.7 Å². The number of unbranched alkanes of at least 4 members (excludes halogenated alkanes) is 5. The molecule has 2 atom stereocenters. The zero-order valence-corrected chi connectivity index (χ0v) is 15.0. The number of carbonyl (C=O) groups is 2. The highest BCUT2D eigenvalue weighted by Gasteiger charge is 2.26. The Morgan fingerprint density at radius 3 is 2.17 bits per heavy atom. The Balaban J connectivity index is 2.09. The first-order chi connectivity index (χ1) is 11.1. The lowest BCUT2D eigenvalue weighted by Gasteiger charge is -2.19. The van der Waals surface area contributed by atoms with Crippen LogP contribution in [-0.4, -0.2) is 16.9 Å². The first-order valence-corrected chi connectivity index (χ1v) is 9.87. The first-order valence-electron chi connectivity index (χ1n) is 9.87. The smallest absolute Gasteiger partial charge is 0.303 e. The number of carbonyl (C=O) groups excluding carboxylic acids is 1. The molecule has 1 aliphatic carbocycles. The normalized spacial score (nSPS) is 20.7. The van der Waals surface area contributed by atoms with Gasteiger partial charge in [-0.05, 0) is 31.1 Å². The molecule has 1 saturated carbocycles.